The molecule has 0 saturated heterocycles. The second-order valence-corrected chi connectivity index (χ2v) is 5.63. The van der Waals surface area contributed by atoms with Gasteiger partial charge in [0.15, 0.2) is 0 Å². The molecule has 2 aromatic rings. The summed E-state index contributed by atoms with van der Waals surface area (Å²) in [6.45, 7) is 12.2. The molecule has 4 nitrogen and oxygen atoms in total. The predicted molar refractivity (Wildman–Crippen MR) is 89.0 cm³/mol. The van der Waals surface area contributed by atoms with Crippen molar-refractivity contribution in [2.45, 2.75) is 27.3 Å². The van der Waals surface area contributed by atoms with E-state index in [-0.39, 0.29) is 0 Å². The molecule has 0 amide bonds. The van der Waals surface area contributed by atoms with E-state index in [0.29, 0.717) is 29.5 Å². The zero-order valence-corrected chi connectivity index (χ0v) is 14.1. The van der Waals surface area contributed by atoms with Crippen LogP contribution < -0.4 is 4.74 Å². The fourth-order valence-corrected chi connectivity index (χ4v) is 2.36. The Hall–Kier alpha value is -2.14. The standard InChI is InChI=1S/C18H23FN2O2/c1-6-21(10-12(2)3)11-17-13(4)23-18(20-17)15-8-7-14(22-5)9-16(15)19/h7-9H,2,6,10-11H2,1,3-5H3. The highest BCUT2D eigenvalue weighted by molar-refractivity contribution is 5.56. The molecule has 23 heavy (non-hydrogen) atoms. The highest BCUT2D eigenvalue weighted by Crippen LogP contribution is 2.27. The van der Waals surface area contributed by atoms with Gasteiger partial charge < -0.3 is 9.15 Å². The van der Waals surface area contributed by atoms with Gasteiger partial charge >= 0.3 is 0 Å². The number of halogens is 1. The summed E-state index contributed by atoms with van der Waals surface area (Å²) < 4.78 is 24.8. The summed E-state index contributed by atoms with van der Waals surface area (Å²) in [5.74, 6) is 1.05. The maximum absolute atomic E-state index is 14.2. The Bertz CT molecular complexity index is 694. The Morgan fingerprint density at radius 1 is 1.43 bits per heavy atom. The number of nitrogens with zero attached hydrogens (tertiary/aromatic N) is 2. The van der Waals surface area contributed by atoms with Crippen molar-refractivity contribution in [2.75, 3.05) is 20.2 Å². The van der Waals surface area contributed by atoms with Crippen LogP contribution in [-0.4, -0.2) is 30.1 Å². The molecule has 0 aliphatic heterocycles. The number of ether oxygens (including phenoxy) is 1. The van der Waals surface area contributed by atoms with E-state index in [0.717, 1.165) is 24.4 Å². The molecule has 2 rings (SSSR count). The molecule has 0 aliphatic rings. The van der Waals surface area contributed by atoms with Gasteiger partial charge in [0.2, 0.25) is 5.89 Å². The van der Waals surface area contributed by atoms with E-state index in [1.807, 2.05) is 13.8 Å². The van der Waals surface area contributed by atoms with Crippen molar-refractivity contribution in [3.8, 4) is 17.2 Å². The van der Waals surface area contributed by atoms with Crippen molar-refractivity contribution in [1.82, 2.24) is 9.88 Å². The Labute approximate surface area is 136 Å². The van der Waals surface area contributed by atoms with E-state index in [1.54, 1.807) is 12.1 Å². The zero-order chi connectivity index (χ0) is 17.0. The fourth-order valence-electron chi connectivity index (χ4n) is 2.36. The van der Waals surface area contributed by atoms with Crippen LogP contribution >= 0.6 is 0 Å². The lowest BCUT2D eigenvalue weighted by molar-refractivity contribution is 0.299. The molecule has 124 valence electrons. The summed E-state index contributed by atoms with van der Waals surface area (Å²) in [5, 5.41) is 0. The molecular formula is C18H23FN2O2. The molecule has 0 bridgehead atoms. The maximum Gasteiger partial charge on any atom is 0.229 e. The Balaban J connectivity index is 2.25. The lowest BCUT2D eigenvalue weighted by atomic mass is 10.2. The topological polar surface area (TPSA) is 38.5 Å². The van der Waals surface area contributed by atoms with Gasteiger partial charge in [0, 0.05) is 19.2 Å². The number of oxazole rings is 1. The minimum absolute atomic E-state index is 0.295. The Morgan fingerprint density at radius 3 is 2.74 bits per heavy atom. The third kappa shape index (κ3) is 4.20. The SMILES string of the molecule is C=C(C)CN(CC)Cc1nc(-c2ccc(OC)cc2F)oc1C. The summed E-state index contributed by atoms with van der Waals surface area (Å²) in [6.07, 6.45) is 0. The van der Waals surface area contributed by atoms with E-state index in [1.165, 1.54) is 13.2 Å². The minimum Gasteiger partial charge on any atom is -0.497 e. The van der Waals surface area contributed by atoms with Gasteiger partial charge in [0.25, 0.3) is 0 Å². The largest absolute Gasteiger partial charge is 0.497 e. The molecule has 0 N–H and O–H groups in total. The zero-order valence-electron chi connectivity index (χ0n) is 14.1. The first kappa shape index (κ1) is 17.2. The van der Waals surface area contributed by atoms with Gasteiger partial charge in [-0.25, -0.2) is 9.37 Å². The third-order valence-electron chi connectivity index (χ3n) is 3.61. The molecule has 0 radical (unpaired) electrons. The Morgan fingerprint density at radius 2 is 2.17 bits per heavy atom. The normalized spacial score (nSPS) is 11.0. The molecule has 0 unspecified atom stereocenters. The number of benzene rings is 1. The molecule has 0 fully saturated rings. The van der Waals surface area contributed by atoms with Gasteiger partial charge in [-0.2, -0.15) is 0 Å². The van der Waals surface area contributed by atoms with Gasteiger partial charge in [-0.3, -0.25) is 4.90 Å². The highest BCUT2D eigenvalue weighted by atomic mass is 19.1. The molecule has 0 atom stereocenters. The summed E-state index contributed by atoms with van der Waals surface area (Å²) >= 11 is 0. The average Bonchev–Trinajstić information content (AvgIpc) is 2.86. The molecule has 1 aromatic heterocycles. The second-order valence-electron chi connectivity index (χ2n) is 5.63. The predicted octanol–water partition coefficient (Wildman–Crippen LogP) is 4.20. The summed E-state index contributed by atoms with van der Waals surface area (Å²) in [6, 6.07) is 4.64. The van der Waals surface area contributed by atoms with Crippen molar-refractivity contribution in [3.05, 3.63) is 47.6 Å². The maximum atomic E-state index is 14.2. The van der Waals surface area contributed by atoms with Crippen molar-refractivity contribution < 1.29 is 13.5 Å². The average molecular weight is 318 g/mol. The smallest absolute Gasteiger partial charge is 0.229 e. The van der Waals surface area contributed by atoms with E-state index in [9.17, 15) is 4.39 Å². The van der Waals surface area contributed by atoms with Crippen LogP contribution in [0.4, 0.5) is 4.39 Å². The molecule has 0 saturated carbocycles. The third-order valence-corrected chi connectivity index (χ3v) is 3.61. The first-order valence-corrected chi connectivity index (χ1v) is 7.61. The first-order chi connectivity index (χ1) is 10.9. The second kappa shape index (κ2) is 7.42. The monoisotopic (exact) mass is 318 g/mol. The van der Waals surface area contributed by atoms with Crippen molar-refractivity contribution in [3.63, 3.8) is 0 Å². The molecule has 0 spiro atoms. The van der Waals surface area contributed by atoms with Crippen molar-refractivity contribution in [2.24, 2.45) is 0 Å². The van der Waals surface area contributed by atoms with Crippen LogP contribution in [0.3, 0.4) is 0 Å². The van der Waals surface area contributed by atoms with Crippen LogP contribution in [0.5, 0.6) is 5.75 Å². The lowest BCUT2D eigenvalue weighted by Crippen LogP contribution is -2.25. The molecular weight excluding hydrogens is 295 g/mol. The van der Waals surface area contributed by atoms with Crippen LogP contribution in [-0.2, 0) is 6.54 Å². The van der Waals surface area contributed by atoms with Gasteiger partial charge in [0.05, 0.1) is 18.4 Å². The number of rotatable bonds is 7. The summed E-state index contributed by atoms with van der Waals surface area (Å²) in [7, 11) is 1.50. The molecule has 5 heteroatoms. The van der Waals surface area contributed by atoms with Crippen LogP contribution in [0.2, 0.25) is 0 Å². The van der Waals surface area contributed by atoms with Gasteiger partial charge in [-0.15, -0.1) is 0 Å². The number of hydrogen-bond acceptors (Lipinski definition) is 4. The van der Waals surface area contributed by atoms with E-state index >= 15 is 0 Å². The highest BCUT2D eigenvalue weighted by Gasteiger charge is 2.17. The fraction of sp³-hybridized carbons (Fsp3) is 0.389. The van der Waals surface area contributed by atoms with Crippen LogP contribution in [0.25, 0.3) is 11.5 Å². The summed E-state index contributed by atoms with van der Waals surface area (Å²) in [4.78, 5) is 6.68. The lowest BCUT2D eigenvalue weighted by Gasteiger charge is -2.19. The number of aromatic nitrogens is 1. The van der Waals surface area contributed by atoms with Gasteiger partial charge in [0.1, 0.15) is 17.3 Å². The van der Waals surface area contributed by atoms with E-state index < -0.39 is 5.82 Å². The van der Waals surface area contributed by atoms with Crippen molar-refractivity contribution >= 4 is 0 Å². The first-order valence-electron chi connectivity index (χ1n) is 7.61. The number of aryl methyl sites for hydroxylation is 1. The number of likely N-dealkylation sites (N-methyl/N-ethyl adjacent to an activating group) is 1. The number of methoxy groups -OCH3 is 1. The molecule has 1 aromatic carbocycles. The molecule has 1 heterocycles. The van der Waals surface area contributed by atoms with Gasteiger partial charge in [-0.05, 0) is 32.5 Å². The Kier molecular flexibility index (Phi) is 5.55. The minimum atomic E-state index is -0.411. The van der Waals surface area contributed by atoms with Crippen LogP contribution in [0.1, 0.15) is 25.3 Å². The van der Waals surface area contributed by atoms with Crippen LogP contribution in [0.15, 0.2) is 34.8 Å². The van der Waals surface area contributed by atoms with E-state index in [4.69, 9.17) is 9.15 Å². The molecule has 0 aliphatic carbocycles. The summed E-state index contributed by atoms with van der Waals surface area (Å²) in [5.41, 5.74) is 2.25. The quantitative estimate of drug-likeness (QED) is 0.717. The number of hydrogen-bond donors (Lipinski definition) is 0. The van der Waals surface area contributed by atoms with Gasteiger partial charge in [-0.1, -0.05) is 19.1 Å². The van der Waals surface area contributed by atoms with Crippen LogP contribution in [0, 0.1) is 12.7 Å². The van der Waals surface area contributed by atoms with E-state index in [2.05, 4.69) is 23.4 Å². The van der Waals surface area contributed by atoms with Crippen molar-refractivity contribution in [1.29, 1.82) is 0 Å².